The Morgan fingerprint density at radius 3 is 2.96 bits per heavy atom. The van der Waals surface area contributed by atoms with Crippen molar-refractivity contribution in [2.75, 3.05) is 13.1 Å². The molecule has 0 unspecified atom stereocenters. The van der Waals surface area contributed by atoms with Gasteiger partial charge >= 0.3 is 0 Å². The summed E-state index contributed by atoms with van der Waals surface area (Å²) in [6, 6.07) is 5.55. The Hall–Kier alpha value is -2.21. The van der Waals surface area contributed by atoms with Gasteiger partial charge in [-0.1, -0.05) is 17.7 Å². The van der Waals surface area contributed by atoms with Gasteiger partial charge < -0.3 is 5.32 Å². The smallest absolute Gasteiger partial charge is 0.254 e. The molecule has 138 valence electrons. The summed E-state index contributed by atoms with van der Waals surface area (Å²) >= 11 is 0. The van der Waals surface area contributed by atoms with Crippen molar-refractivity contribution in [2.24, 2.45) is 12.5 Å². The van der Waals surface area contributed by atoms with Crippen LogP contribution in [0.1, 0.15) is 40.7 Å². The molecule has 1 saturated heterocycles. The number of aryl methyl sites for hydroxylation is 2. The van der Waals surface area contributed by atoms with Crippen molar-refractivity contribution in [3.05, 3.63) is 53.1 Å². The van der Waals surface area contributed by atoms with Gasteiger partial charge in [0.1, 0.15) is 5.82 Å². The molecular formula is C20H25FN4O. The fourth-order valence-corrected chi connectivity index (χ4v) is 4.46. The van der Waals surface area contributed by atoms with E-state index >= 15 is 0 Å². The molecule has 0 radical (unpaired) electrons. The Kier molecular flexibility index (Phi) is 4.31. The molecule has 1 spiro atoms. The summed E-state index contributed by atoms with van der Waals surface area (Å²) in [5.41, 5.74) is 2.77. The molecule has 1 aliphatic heterocycles. The lowest BCUT2D eigenvalue weighted by Gasteiger charge is -2.45. The van der Waals surface area contributed by atoms with Crippen LogP contribution in [-0.4, -0.2) is 39.7 Å². The van der Waals surface area contributed by atoms with E-state index in [0.29, 0.717) is 12.1 Å². The molecule has 2 aliphatic rings. The highest BCUT2D eigenvalue weighted by Crippen LogP contribution is 2.48. The van der Waals surface area contributed by atoms with Crippen LogP contribution in [0.3, 0.4) is 0 Å². The van der Waals surface area contributed by atoms with Crippen molar-refractivity contribution < 1.29 is 9.18 Å². The first-order chi connectivity index (χ1) is 12.4. The van der Waals surface area contributed by atoms with Crippen LogP contribution >= 0.6 is 0 Å². The Balaban J connectivity index is 1.30. The Labute approximate surface area is 153 Å². The zero-order valence-electron chi connectivity index (χ0n) is 15.3. The molecular weight excluding hydrogens is 331 g/mol. The number of hydrogen-bond donors (Lipinski definition) is 1. The van der Waals surface area contributed by atoms with Gasteiger partial charge in [0.25, 0.3) is 5.91 Å². The molecule has 2 aromatic rings. The van der Waals surface area contributed by atoms with Crippen LogP contribution in [0.5, 0.6) is 0 Å². The minimum atomic E-state index is -0.119. The van der Waals surface area contributed by atoms with Gasteiger partial charge in [0.05, 0.1) is 11.8 Å². The maximum absolute atomic E-state index is 14.0. The predicted octanol–water partition coefficient (Wildman–Crippen LogP) is 2.65. The number of nitrogens with one attached hydrogen (secondary N) is 1. The molecule has 6 heteroatoms. The number of likely N-dealkylation sites (tertiary alicyclic amines) is 1. The van der Waals surface area contributed by atoms with Gasteiger partial charge in [0.15, 0.2) is 0 Å². The monoisotopic (exact) mass is 356 g/mol. The SMILES string of the molecule is Cc1ccc(F)c(CN2CCC3(CC(NC(=O)c4cnn(C)c4)C3)C2)c1. The summed E-state index contributed by atoms with van der Waals surface area (Å²) in [6.07, 6.45) is 6.46. The molecule has 2 fully saturated rings. The number of halogens is 1. The summed E-state index contributed by atoms with van der Waals surface area (Å²) in [7, 11) is 1.80. The zero-order chi connectivity index (χ0) is 18.3. The van der Waals surface area contributed by atoms with Gasteiger partial charge in [-0.3, -0.25) is 14.4 Å². The molecule has 1 saturated carbocycles. The summed E-state index contributed by atoms with van der Waals surface area (Å²) in [6.45, 7) is 4.65. The maximum Gasteiger partial charge on any atom is 0.254 e. The van der Waals surface area contributed by atoms with E-state index in [-0.39, 0.29) is 23.2 Å². The van der Waals surface area contributed by atoms with Crippen LogP contribution in [0, 0.1) is 18.2 Å². The van der Waals surface area contributed by atoms with Gasteiger partial charge in [-0.05, 0) is 44.2 Å². The molecule has 26 heavy (non-hydrogen) atoms. The molecule has 2 heterocycles. The minimum Gasteiger partial charge on any atom is -0.349 e. The van der Waals surface area contributed by atoms with E-state index in [1.807, 2.05) is 19.1 Å². The lowest BCUT2D eigenvalue weighted by atomic mass is 9.65. The second kappa shape index (κ2) is 6.50. The third kappa shape index (κ3) is 3.38. The highest BCUT2D eigenvalue weighted by Gasteiger charge is 2.48. The van der Waals surface area contributed by atoms with E-state index < -0.39 is 0 Å². The zero-order valence-corrected chi connectivity index (χ0v) is 15.3. The van der Waals surface area contributed by atoms with E-state index in [4.69, 9.17) is 0 Å². The van der Waals surface area contributed by atoms with E-state index in [2.05, 4.69) is 15.3 Å². The van der Waals surface area contributed by atoms with Gasteiger partial charge in [-0.2, -0.15) is 5.10 Å². The van der Waals surface area contributed by atoms with Crippen molar-refractivity contribution in [2.45, 2.75) is 38.8 Å². The molecule has 1 N–H and O–H groups in total. The number of rotatable bonds is 4. The van der Waals surface area contributed by atoms with Crippen molar-refractivity contribution in [3.63, 3.8) is 0 Å². The lowest BCUT2D eigenvalue weighted by molar-refractivity contribution is 0.0693. The number of nitrogens with zero attached hydrogens (tertiary/aromatic N) is 3. The number of amides is 1. The first-order valence-corrected chi connectivity index (χ1v) is 9.19. The fraction of sp³-hybridized carbons (Fsp3) is 0.500. The number of carbonyl (C=O) groups is 1. The van der Waals surface area contributed by atoms with Crippen molar-refractivity contribution in [3.8, 4) is 0 Å². The third-order valence-corrected chi connectivity index (χ3v) is 5.77. The largest absolute Gasteiger partial charge is 0.349 e. The topological polar surface area (TPSA) is 50.2 Å². The second-order valence-corrected chi connectivity index (χ2v) is 8.04. The highest BCUT2D eigenvalue weighted by atomic mass is 19.1. The number of aromatic nitrogens is 2. The van der Waals surface area contributed by atoms with E-state index in [1.165, 1.54) is 0 Å². The molecule has 0 bridgehead atoms. The van der Waals surface area contributed by atoms with Crippen LogP contribution in [0.15, 0.2) is 30.6 Å². The Morgan fingerprint density at radius 2 is 2.23 bits per heavy atom. The normalized spacial score (nSPS) is 25.4. The Bertz CT molecular complexity index is 825. The molecule has 1 amide bonds. The first kappa shape index (κ1) is 17.2. The minimum absolute atomic E-state index is 0.0466. The summed E-state index contributed by atoms with van der Waals surface area (Å²) < 4.78 is 15.6. The van der Waals surface area contributed by atoms with Crippen LogP contribution in [-0.2, 0) is 13.6 Å². The van der Waals surface area contributed by atoms with Crippen molar-refractivity contribution in [1.82, 2.24) is 20.0 Å². The van der Waals surface area contributed by atoms with Crippen LogP contribution < -0.4 is 5.32 Å². The van der Waals surface area contributed by atoms with Gasteiger partial charge in [-0.25, -0.2) is 4.39 Å². The molecule has 1 aliphatic carbocycles. The molecule has 5 nitrogen and oxygen atoms in total. The quantitative estimate of drug-likeness (QED) is 0.916. The van der Waals surface area contributed by atoms with E-state index in [1.54, 1.807) is 30.2 Å². The van der Waals surface area contributed by atoms with Crippen LogP contribution in [0.25, 0.3) is 0 Å². The maximum atomic E-state index is 14.0. The number of carbonyl (C=O) groups excluding carboxylic acids is 1. The van der Waals surface area contributed by atoms with Gasteiger partial charge in [-0.15, -0.1) is 0 Å². The fourth-order valence-electron chi connectivity index (χ4n) is 4.46. The van der Waals surface area contributed by atoms with Gasteiger partial charge in [0, 0.05) is 37.9 Å². The molecule has 4 rings (SSSR count). The lowest BCUT2D eigenvalue weighted by Crippen LogP contribution is -2.51. The van der Waals surface area contributed by atoms with Crippen molar-refractivity contribution >= 4 is 5.91 Å². The average molecular weight is 356 g/mol. The second-order valence-electron chi connectivity index (χ2n) is 8.04. The summed E-state index contributed by atoms with van der Waals surface area (Å²) in [5, 5.41) is 7.15. The molecule has 1 aromatic carbocycles. The van der Waals surface area contributed by atoms with Crippen LogP contribution in [0.4, 0.5) is 4.39 Å². The van der Waals surface area contributed by atoms with Crippen molar-refractivity contribution in [1.29, 1.82) is 0 Å². The molecule has 0 atom stereocenters. The van der Waals surface area contributed by atoms with Crippen LogP contribution in [0.2, 0.25) is 0 Å². The highest BCUT2D eigenvalue weighted by molar-refractivity contribution is 5.93. The predicted molar refractivity (Wildman–Crippen MR) is 97.2 cm³/mol. The van der Waals surface area contributed by atoms with Gasteiger partial charge in [0.2, 0.25) is 0 Å². The Morgan fingerprint density at radius 1 is 1.42 bits per heavy atom. The third-order valence-electron chi connectivity index (χ3n) is 5.77. The number of benzene rings is 1. The first-order valence-electron chi connectivity index (χ1n) is 9.19. The summed E-state index contributed by atoms with van der Waals surface area (Å²) in [5.74, 6) is -0.165. The average Bonchev–Trinajstić information content (AvgIpc) is 3.17. The number of hydrogen-bond acceptors (Lipinski definition) is 3. The van der Waals surface area contributed by atoms with E-state index in [0.717, 1.165) is 43.5 Å². The standard InChI is InChI=1S/C20H25FN4O/c1-14-3-4-18(21)15(7-14)12-25-6-5-20(13-25)8-17(9-20)23-19(26)16-10-22-24(2)11-16/h3-4,7,10-11,17H,5-6,8-9,12-13H2,1-2H3,(H,23,26). The molecule has 1 aromatic heterocycles. The van der Waals surface area contributed by atoms with E-state index in [9.17, 15) is 9.18 Å². The summed E-state index contributed by atoms with van der Waals surface area (Å²) in [4.78, 5) is 14.6.